The second kappa shape index (κ2) is 4.25. The van der Waals surface area contributed by atoms with Crippen LogP contribution in [0, 0.1) is 5.41 Å². The minimum Gasteiger partial charge on any atom is -0.393 e. The van der Waals surface area contributed by atoms with Crippen LogP contribution in [0.4, 0.5) is 0 Å². The molecule has 0 amide bonds. The monoisotopic (exact) mass is 209 g/mol. The molecule has 0 radical (unpaired) electrons. The Labute approximate surface area is 90.3 Å². The van der Waals surface area contributed by atoms with Crippen LogP contribution in [-0.4, -0.2) is 23.8 Å². The Hall–Kier alpha value is -1.65. The summed E-state index contributed by atoms with van der Waals surface area (Å²) in [6, 6.07) is 0.504. The number of nitrogens with two attached hydrogens (primary N) is 2. The van der Waals surface area contributed by atoms with E-state index in [1.807, 2.05) is 18.9 Å². The molecule has 6 N–H and O–H groups in total. The lowest BCUT2D eigenvalue weighted by Gasteiger charge is -2.25. The average Bonchev–Trinajstić information content (AvgIpc) is 2.94. The quantitative estimate of drug-likeness (QED) is 0.386. The largest absolute Gasteiger partial charge is 0.393 e. The van der Waals surface area contributed by atoms with E-state index in [0.717, 1.165) is 18.5 Å². The van der Waals surface area contributed by atoms with Gasteiger partial charge in [-0.3, -0.25) is 5.41 Å². The molecule has 0 atom stereocenters. The van der Waals surface area contributed by atoms with E-state index in [-0.39, 0.29) is 11.5 Å². The first-order chi connectivity index (χ1) is 6.93. The Morgan fingerprint density at radius 1 is 1.47 bits per heavy atom. The molecule has 0 heterocycles. The van der Waals surface area contributed by atoms with E-state index in [9.17, 15) is 0 Å². The number of allylic oxidation sites excluding steroid dienone is 1. The molecule has 15 heavy (non-hydrogen) atoms. The zero-order valence-corrected chi connectivity index (χ0v) is 9.30. The molecular formula is C10H19N5. The predicted molar refractivity (Wildman–Crippen MR) is 61.9 cm³/mol. The van der Waals surface area contributed by atoms with E-state index in [4.69, 9.17) is 16.9 Å². The summed E-state index contributed by atoms with van der Waals surface area (Å²) < 4.78 is 0. The molecule has 1 rings (SSSR count). The molecule has 0 saturated heterocycles. The molecule has 0 aliphatic heterocycles. The Morgan fingerprint density at radius 2 is 2.00 bits per heavy atom. The molecular weight excluding hydrogens is 190 g/mol. The summed E-state index contributed by atoms with van der Waals surface area (Å²) in [5, 5.41) is 10.4. The normalized spacial score (nSPS) is 16.7. The van der Waals surface area contributed by atoms with Crippen LogP contribution >= 0.6 is 0 Å². The summed E-state index contributed by atoms with van der Waals surface area (Å²) >= 11 is 0. The molecule has 1 saturated carbocycles. The van der Waals surface area contributed by atoms with E-state index in [0.29, 0.717) is 11.9 Å². The van der Waals surface area contributed by atoms with Crippen molar-refractivity contribution in [1.82, 2.24) is 10.2 Å². The summed E-state index contributed by atoms with van der Waals surface area (Å²) in [7, 11) is 1.94. The summed E-state index contributed by atoms with van der Waals surface area (Å²) in [5.41, 5.74) is 12.2. The minimum atomic E-state index is -0.119. The van der Waals surface area contributed by atoms with E-state index in [1.54, 1.807) is 0 Å². The van der Waals surface area contributed by atoms with Gasteiger partial charge in [0.25, 0.3) is 0 Å². The first kappa shape index (κ1) is 11.4. The third kappa shape index (κ3) is 2.90. The van der Waals surface area contributed by atoms with E-state index in [2.05, 4.69) is 11.9 Å². The molecule has 0 spiro atoms. The van der Waals surface area contributed by atoms with Gasteiger partial charge in [0.05, 0.1) is 0 Å². The standard InChI is InChI=1S/C10H19N5/c1-6(2)14-10(8(11)9(12)13)15(3)7-4-5-7/h7,14H,1,4-5,11H2,2-3H3,(H3,12,13). The van der Waals surface area contributed by atoms with Gasteiger partial charge in [0, 0.05) is 18.8 Å². The van der Waals surface area contributed by atoms with Crippen LogP contribution in [0.3, 0.4) is 0 Å². The molecule has 0 bridgehead atoms. The highest BCUT2D eigenvalue weighted by molar-refractivity contribution is 5.94. The zero-order valence-electron chi connectivity index (χ0n) is 9.30. The SMILES string of the molecule is C=C(C)NC(=C(N)C(=N)N)N(C)C1CC1. The Balaban J connectivity index is 2.89. The fourth-order valence-electron chi connectivity index (χ4n) is 1.32. The Kier molecular flexibility index (Phi) is 3.24. The second-order valence-corrected chi connectivity index (χ2v) is 3.92. The van der Waals surface area contributed by atoms with Gasteiger partial charge in [0.2, 0.25) is 0 Å². The molecule has 84 valence electrons. The van der Waals surface area contributed by atoms with E-state index < -0.39 is 0 Å². The fraction of sp³-hybridized carbons (Fsp3) is 0.500. The second-order valence-electron chi connectivity index (χ2n) is 3.92. The van der Waals surface area contributed by atoms with Crippen LogP contribution < -0.4 is 16.8 Å². The van der Waals surface area contributed by atoms with Crippen molar-refractivity contribution in [3.05, 3.63) is 23.8 Å². The van der Waals surface area contributed by atoms with Gasteiger partial charge in [-0.1, -0.05) is 6.58 Å². The molecule has 1 fully saturated rings. The number of amidine groups is 1. The fourth-order valence-corrected chi connectivity index (χ4v) is 1.32. The third-order valence-electron chi connectivity index (χ3n) is 2.32. The van der Waals surface area contributed by atoms with Gasteiger partial charge in [-0.2, -0.15) is 0 Å². The summed E-state index contributed by atoms with van der Waals surface area (Å²) in [4.78, 5) is 2.02. The molecule has 1 aliphatic rings. The highest BCUT2D eigenvalue weighted by atomic mass is 15.3. The van der Waals surface area contributed by atoms with Crippen LogP contribution in [0.5, 0.6) is 0 Å². The average molecular weight is 209 g/mol. The van der Waals surface area contributed by atoms with Gasteiger partial charge in [0.15, 0.2) is 0 Å². The lowest BCUT2D eigenvalue weighted by atomic mass is 10.3. The highest BCUT2D eigenvalue weighted by Gasteiger charge is 2.29. The van der Waals surface area contributed by atoms with Gasteiger partial charge < -0.3 is 21.7 Å². The zero-order chi connectivity index (χ0) is 11.6. The molecule has 0 aromatic heterocycles. The van der Waals surface area contributed by atoms with Gasteiger partial charge in [0.1, 0.15) is 17.4 Å². The van der Waals surface area contributed by atoms with E-state index >= 15 is 0 Å². The van der Waals surface area contributed by atoms with Crippen LogP contribution in [0.2, 0.25) is 0 Å². The van der Waals surface area contributed by atoms with Crippen molar-refractivity contribution in [2.75, 3.05) is 7.05 Å². The van der Waals surface area contributed by atoms with Gasteiger partial charge in [-0.25, -0.2) is 0 Å². The van der Waals surface area contributed by atoms with Gasteiger partial charge in [-0.15, -0.1) is 0 Å². The Morgan fingerprint density at radius 3 is 2.33 bits per heavy atom. The molecule has 0 aromatic rings. The van der Waals surface area contributed by atoms with Crippen LogP contribution in [-0.2, 0) is 0 Å². The maximum Gasteiger partial charge on any atom is 0.142 e. The number of hydrogen-bond donors (Lipinski definition) is 4. The Bertz CT molecular complexity index is 314. The van der Waals surface area contributed by atoms with Crippen molar-refractivity contribution in [2.45, 2.75) is 25.8 Å². The van der Waals surface area contributed by atoms with Crippen molar-refractivity contribution in [1.29, 1.82) is 5.41 Å². The van der Waals surface area contributed by atoms with Crippen molar-refractivity contribution in [3.63, 3.8) is 0 Å². The van der Waals surface area contributed by atoms with Crippen LogP contribution in [0.15, 0.2) is 23.8 Å². The number of rotatable bonds is 5. The summed E-state index contributed by atoms with van der Waals surface area (Å²) in [5.74, 6) is 0.559. The smallest absolute Gasteiger partial charge is 0.142 e. The van der Waals surface area contributed by atoms with Gasteiger partial charge >= 0.3 is 0 Å². The first-order valence-corrected chi connectivity index (χ1v) is 4.93. The van der Waals surface area contributed by atoms with Crippen molar-refractivity contribution in [2.24, 2.45) is 11.5 Å². The lowest BCUT2D eigenvalue weighted by Crippen LogP contribution is -2.36. The van der Waals surface area contributed by atoms with Crippen molar-refractivity contribution < 1.29 is 0 Å². The number of nitrogens with one attached hydrogen (secondary N) is 2. The molecule has 1 aliphatic carbocycles. The van der Waals surface area contributed by atoms with E-state index in [1.165, 1.54) is 0 Å². The van der Waals surface area contributed by atoms with Gasteiger partial charge in [-0.05, 0) is 19.8 Å². The van der Waals surface area contributed by atoms with Crippen molar-refractivity contribution >= 4 is 5.84 Å². The third-order valence-corrected chi connectivity index (χ3v) is 2.32. The molecule has 0 aromatic carbocycles. The highest BCUT2D eigenvalue weighted by Crippen LogP contribution is 2.28. The topological polar surface area (TPSA) is 91.2 Å². The first-order valence-electron chi connectivity index (χ1n) is 4.93. The van der Waals surface area contributed by atoms with Crippen molar-refractivity contribution in [3.8, 4) is 0 Å². The molecule has 0 unspecified atom stereocenters. The van der Waals surface area contributed by atoms with Crippen LogP contribution in [0.1, 0.15) is 19.8 Å². The summed E-state index contributed by atoms with van der Waals surface area (Å²) in [6.07, 6.45) is 2.31. The number of nitrogens with zero attached hydrogens (tertiary/aromatic N) is 1. The van der Waals surface area contributed by atoms with Crippen LogP contribution in [0.25, 0.3) is 0 Å². The molecule has 5 nitrogen and oxygen atoms in total. The number of hydrogen-bond acceptors (Lipinski definition) is 4. The predicted octanol–water partition coefficient (Wildman–Crippen LogP) is 0.268. The summed E-state index contributed by atoms with van der Waals surface area (Å²) in [6.45, 7) is 5.60. The lowest BCUT2D eigenvalue weighted by molar-refractivity contribution is 0.380. The maximum atomic E-state index is 7.33. The molecule has 5 heteroatoms. The minimum absolute atomic E-state index is 0.119. The maximum absolute atomic E-state index is 7.33.